The maximum absolute atomic E-state index is 12.6. The molecular formula is C22H23N3O3. The molecule has 0 aliphatic carbocycles. The van der Waals surface area contributed by atoms with Gasteiger partial charge in [-0.15, -0.1) is 0 Å². The third kappa shape index (κ3) is 4.46. The van der Waals surface area contributed by atoms with Crippen molar-refractivity contribution in [2.24, 2.45) is 0 Å². The van der Waals surface area contributed by atoms with Gasteiger partial charge >= 0.3 is 5.97 Å². The van der Waals surface area contributed by atoms with Crippen LogP contribution in [-0.2, 0) is 16.0 Å². The first-order valence-electron chi connectivity index (χ1n) is 9.04. The van der Waals surface area contributed by atoms with Gasteiger partial charge in [0.25, 0.3) is 5.91 Å². The highest BCUT2D eigenvalue weighted by Crippen LogP contribution is 2.14. The normalized spacial score (nSPS) is 11.7. The Morgan fingerprint density at radius 3 is 2.32 bits per heavy atom. The third-order valence-corrected chi connectivity index (χ3v) is 4.46. The molecule has 3 aromatic rings. The van der Waals surface area contributed by atoms with E-state index in [1.54, 1.807) is 12.1 Å². The highest BCUT2D eigenvalue weighted by Gasteiger charge is 2.22. The summed E-state index contributed by atoms with van der Waals surface area (Å²) in [6.07, 6.45) is 0.364. The fourth-order valence-corrected chi connectivity index (χ4v) is 3.07. The fourth-order valence-electron chi connectivity index (χ4n) is 3.07. The van der Waals surface area contributed by atoms with E-state index in [4.69, 9.17) is 4.74 Å². The number of amides is 1. The van der Waals surface area contributed by atoms with Crippen LogP contribution in [0.15, 0.2) is 60.7 Å². The quantitative estimate of drug-likeness (QED) is 0.670. The Bertz CT molecular complexity index is 962. The summed E-state index contributed by atoms with van der Waals surface area (Å²) < 4.78 is 6.67. The number of hydrogen-bond acceptors (Lipinski definition) is 4. The molecule has 0 saturated carbocycles. The molecular weight excluding hydrogens is 354 g/mol. The van der Waals surface area contributed by atoms with Crippen molar-refractivity contribution in [1.29, 1.82) is 0 Å². The second kappa shape index (κ2) is 8.52. The lowest BCUT2D eigenvalue weighted by atomic mass is 10.1. The van der Waals surface area contributed by atoms with Crippen LogP contribution in [0.3, 0.4) is 0 Å². The lowest BCUT2D eigenvalue weighted by Crippen LogP contribution is -2.43. The van der Waals surface area contributed by atoms with Gasteiger partial charge in [0.1, 0.15) is 6.04 Å². The van der Waals surface area contributed by atoms with Crippen LogP contribution in [0.25, 0.3) is 5.69 Å². The van der Waals surface area contributed by atoms with Crippen molar-refractivity contribution in [3.8, 4) is 5.69 Å². The summed E-state index contributed by atoms with van der Waals surface area (Å²) in [5.74, 6) is -0.803. The molecule has 2 aromatic carbocycles. The largest absolute Gasteiger partial charge is 0.467 e. The van der Waals surface area contributed by atoms with Crippen LogP contribution in [0.1, 0.15) is 27.3 Å². The van der Waals surface area contributed by atoms with Gasteiger partial charge in [-0.25, -0.2) is 9.48 Å². The van der Waals surface area contributed by atoms with Crippen LogP contribution >= 0.6 is 0 Å². The Morgan fingerprint density at radius 2 is 1.75 bits per heavy atom. The number of nitrogens with zero attached hydrogens (tertiary/aromatic N) is 2. The molecule has 28 heavy (non-hydrogen) atoms. The zero-order valence-electron chi connectivity index (χ0n) is 16.2. The van der Waals surface area contributed by atoms with Crippen molar-refractivity contribution in [2.45, 2.75) is 26.3 Å². The number of benzene rings is 2. The molecule has 6 heteroatoms. The fraction of sp³-hybridized carbons (Fsp3) is 0.227. The van der Waals surface area contributed by atoms with Crippen LogP contribution in [0, 0.1) is 13.8 Å². The highest BCUT2D eigenvalue weighted by atomic mass is 16.5. The summed E-state index contributed by atoms with van der Waals surface area (Å²) in [7, 11) is 1.32. The Hall–Kier alpha value is -3.41. The number of ether oxygens (including phenoxy) is 1. The molecule has 0 saturated heterocycles. The van der Waals surface area contributed by atoms with Crippen molar-refractivity contribution >= 4 is 11.9 Å². The smallest absolute Gasteiger partial charge is 0.328 e. The molecule has 6 nitrogen and oxygen atoms in total. The molecule has 1 heterocycles. The SMILES string of the molecule is COC(=O)C(Cc1ccccc1)NC(=O)c1ccc(-n2nc(C)cc2C)cc1. The summed E-state index contributed by atoms with van der Waals surface area (Å²) in [5, 5.41) is 7.21. The molecule has 0 spiro atoms. The van der Waals surface area contributed by atoms with Crippen molar-refractivity contribution in [2.75, 3.05) is 7.11 Å². The number of methoxy groups -OCH3 is 1. The maximum atomic E-state index is 12.6. The standard InChI is InChI=1S/C22H23N3O3/c1-15-13-16(2)25(24-15)19-11-9-18(10-12-19)21(26)23-20(22(27)28-3)14-17-7-5-4-6-8-17/h4-13,20H,14H2,1-3H3,(H,23,26). The molecule has 1 unspecified atom stereocenters. The first kappa shape index (κ1) is 19.4. The van der Waals surface area contributed by atoms with Crippen molar-refractivity contribution < 1.29 is 14.3 Å². The zero-order chi connectivity index (χ0) is 20.1. The number of esters is 1. The predicted octanol–water partition coefficient (Wildman–Crippen LogP) is 3.00. The Balaban J connectivity index is 1.74. The lowest BCUT2D eigenvalue weighted by molar-refractivity contribution is -0.142. The van der Waals surface area contributed by atoms with E-state index in [1.807, 2.05) is 67.1 Å². The van der Waals surface area contributed by atoms with E-state index in [2.05, 4.69) is 10.4 Å². The Morgan fingerprint density at radius 1 is 1.07 bits per heavy atom. The minimum atomic E-state index is -0.754. The summed E-state index contributed by atoms with van der Waals surface area (Å²) >= 11 is 0. The van der Waals surface area contributed by atoms with Crippen molar-refractivity contribution in [1.82, 2.24) is 15.1 Å². The average molecular weight is 377 g/mol. The molecule has 0 aliphatic rings. The average Bonchev–Trinajstić information content (AvgIpc) is 3.05. The van der Waals surface area contributed by atoms with Gasteiger partial charge in [0.05, 0.1) is 18.5 Å². The summed E-state index contributed by atoms with van der Waals surface area (Å²) in [6, 6.07) is 17.8. The van der Waals surface area contributed by atoms with Gasteiger partial charge in [0.2, 0.25) is 0 Å². The van der Waals surface area contributed by atoms with Gasteiger partial charge in [-0.1, -0.05) is 30.3 Å². The second-order valence-electron chi connectivity index (χ2n) is 6.62. The molecule has 144 valence electrons. The first-order valence-corrected chi connectivity index (χ1v) is 9.04. The molecule has 1 atom stereocenters. The molecule has 1 N–H and O–H groups in total. The summed E-state index contributed by atoms with van der Waals surface area (Å²) in [5.41, 5.74) is 4.23. The molecule has 0 bridgehead atoms. The van der Waals surface area contributed by atoms with E-state index < -0.39 is 12.0 Å². The number of carbonyl (C=O) groups is 2. The molecule has 0 radical (unpaired) electrons. The van der Waals surface area contributed by atoms with E-state index in [0.717, 1.165) is 22.6 Å². The van der Waals surface area contributed by atoms with Crippen LogP contribution < -0.4 is 5.32 Å². The van der Waals surface area contributed by atoms with E-state index in [9.17, 15) is 9.59 Å². The monoisotopic (exact) mass is 377 g/mol. The third-order valence-electron chi connectivity index (χ3n) is 4.46. The van der Waals surface area contributed by atoms with Crippen LogP contribution in [0.5, 0.6) is 0 Å². The minimum Gasteiger partial charge on any atom is -0.467 e. The zero-order valence-corrected chi connectivity index (χ0v) is 16.2. The molecule has 1 aromatic heterocycles. The minimum absolute atomic E-state index is 0.328. The van der Waals surface area contributed by atoms with Crippen LogP contribution in [0.4, 0.5) is 0 Å². The van der Waals surface area contributed by atoms with E-state index in [0.29, 0.717) is 12.0 Å². The van der Waals surface area contributed by atoms with Gasteiger partial charge in [0, 0.05) is 17.7 Å². The number of nitrogens with one attached hydrogen (secondary N) is 1. The summed E-state index contributed by atoms with van der Waals surface area (Å²) in [6.45, 7) is 3.91. The highest BCUT2D eigenvalue weighted by molar-refractivity contribution is 5.97. The first-order chi connectivity index (χ1) is 13.5. The molecule has 0 fully saturated rings. The number of aryl methyl sites for hydroxylation is 2. The van der Waals surface area contributed by atoms with Gasteiger partial charge in [-0.2, -0.15) is 5.10 Å². The molecule has 3 rings (SSSR count). The number of rotatable bonds is 6. The van der Waals surface area contributed by atoms with Crippen LogP contribution in [-0.4, -0.2) is 34.8 Å². The van der Waals surface area contributed by atoms with E-state index in [-0.39, 0.29) is 5.91 Å². The Kier molecular flexibility index (Phi) is 5.89. The second-order valence-corrected chi connectivity index (χ2v) is 6.62. The number of aromatic nitrogens is 2. The van der Waals surface area contributed by atoms with Crippen LogP contribution in [0.2, 0.25) is 0 Å². The van der Waals surface area contributed by atoms with Gasteiger partial charge in [-0.3, -0.25) is 4.79 Å². The summed E-state index contributed by atoms with van der Waals surface area (Å²) in [4.78, 5) is 24.8. The molecule has 0 aliphatic heterocycles. The van der Waals surface area contributed by atoms with Gasteiger partial charge in [-0.05, 0) is 49.7 Å². The number of hydrogen-bond donors (Lipinski definition) is 1. The number of carbonyl (C=O) groups excluding carboxylic acids is 2. The maximum Gasteiger partial charge on any atom is 0.328 e. The van der Waals surface area contributed by atoms with Crippen molar-refractivity contribution in [3.05, 3.63) is 83.2 Å². The van der Waals surface area contributed by atoms with Gasteiger partial charge in [0.15, 0.2) is 0 Å². The lowest BCUT2D eigenvalue weighted by Gasteiger charge is -2.17. The molecule has 1 amide bonds. The van der Waals surface area contributed by atoms with Gasteiger partial charge < -0.3 is 10.1 Å². The van der Waals surface area contributed by atoms with E-state index in [1.165, 1.54) is 7.11 Å². The van der Waals surface area contributed by atoms with Crippen molar-refractivity contribution in [3.63, 3.8) is 0 Å². The van der Waals surface area contributed by atoms with E-state index >= 15 is 0 Å². The Labute approximate surface area is 164 Å². The topological polar surface area (TPSA) is 73.2 Å². The predicted molar refractivity (Wildman–Crippen MR) is 106 cm³/mol.